The second kappa shape index (κ2) is 8.50. The molecular weight excluding hydrogens is 393 g/mol. The average Bonchev–Trinajstić information content (AvgIpc) is 3.03. The minimum Gasteiger partial charge on any atom is -0.480 e. The van der Waals surface area contributed by atoms with E-state index in [4.69, 9.17) is 21.4 Å². The van der Waals surface area contributed by atoms with Gasteiger partial charge in [0.25, 0.3) is 5.91 Å². The van der Waals surface area contributed by atoms with Crippen molar-refractivity contribution in [1.29, 1.82) is 0 Å². The summed E-state index contributed by atoms with van der Waals surface area (Å²) in [5, 5.41) is 12.2. The van der Waals surface area contributed by atoms with Gasteiger partial charge in [-0.3, -0.25) is 4.79 Å². The van der Waals surface area contributed by atoms with Crippen molar-refractivity contribution in [2.45, 2.75) is 0 Å². The third-order valence-electron chi connectivity index (χ3n) is 2.88. The minimum absolute atomic E-state index is 0.0537. The first kappa shape index (κ1) is 19.5. The van der Waals surface area contributed by atoms with Gasteiger partial charge in [-0.2, -0.15) is 0 Å². The zero-order valence-corrected chi connectivity index (χ0v) is 14.6. The van der Waals surface area contributed by atoms with Gasteiger partial charge in [0.1, 0.15) is 16.4 Å². The lowest BCUT2D eigenvalue weighted by atomic mass is 10.2. The molecule has 0 fully saturated rings. The number of esters is 1. The van der Waals surface area contributed by atoms with Gasteiger partial charge in [-0.25, -0.2) is 14.0 Å². The van der Waals surface area contributed by atoms with E-state index in [2.05, 4.69) is 14.8 Å². The smallest absolute Gasteiger partial charge is 0.480 e. The van der Waals surface area contributed by atoms with Crippen LogP contribution in [-0.4, -0.2) is 36.9 Å². The van der Waals surface area contributed by atoms with E-state index in [1.54, 1.807) is 0 Å². The number of hydrogen-bond donors (Lipinski definition) is 2. The Kier molecular flexibility index (Phi) is 6.36. The molecule has 0 atom stereocenters. The molecule has 0 unspecified atom stereocenters. The molecule has 2 aromatic rings. The molecule has 2 rings (SSSR count). The number of methoxy groups -OCH3 is 1. The first-order valence-corrected chi connectivity index (χ1v) is 8.06. The fourth-order valence-electron chi connectivity index (χ4n) is 1.75. The van der Waals surface area contributed by atoms with Crippen LogP contribution in [0.15, 0.2) is 23.6 Å². The molecule has 0 bridgehead atoms. The van der Waals surface area contributed by atoms with Crippen molar-refractivity contribution in [3.8, 4) is 11.5 Å². The van der Waals surface area contributed by atoms with Crippen LogP contribution in [0.1, 0.15) is 9.67 Å². The first-order valence-electron chi connectivity index (χ1n) is 6.80. The Hall–Kier alpha value is -2.85. The monoisotopic (exact) mass is 403 g/mol. The van der Waals surface area contributed by atoms with E-state index in [9.17, 15) is 18.8 Å². The van der Waals surface area contributed by atoms with Crippen LogP contribution in [0, 0.1) is 5.82 Å². The lowest BCUT2D eigenvalue weighted by molar-refractivity contribution is -0.142. The van der Waals surface area contributed by atoms with Crippen LogP contribution in [0.2, 0.25) is 5.02 Å². The van der Waals surface area contributed by atoms with E-state index in [1.165, 1.54) is 18.6 Å². The van der Waals surface area contributed by atoms with Gasteiger partial charge in [0.15, 0.2) is 12.4 Å². The molecule has 11 heteroatoms. The molecule has 0 aliphatic carbocycles. The summed E-state index contributed by atoms with van der Waals surface area (Å²) in [6.45, 7) is -0.462. The van der Waals surface area contributed by atoms with Crippen LogP contribution in [0.3, 0.4) is 0 Å². The van der Waals surface area contributed by atoms with Crippen LogP contribution in [-0.2, 0) is 9.53 Å². The summed E-state index contributed by atoms with van der Waals surface area (Å²) < 4.78 is 28.0. The number of hydrogen-bond acceptors (Lipinski definition) is 7. The number of carboxylic acid groups (broad SMARTS) is 1. The van der Waals surface area contributed by atoms with Gasteiger partial charge < -0.3 is 24.6 Å². The minimum atomic E-state index is -1.59. The molecule has 1 heterocycles. The molecule has 1 aromatic carbocycles. The third-order valence-corrected chi connectivity index (χ3v) is 4.07. The number of thiophene rings is 1. The quantitative estimate of drug-likeness (QED) is 0.711. The molecule has 8 nitrogen and oxygen atoms in total. The third kappa shape index (κ3) is 4.83. The molecule has 0 aliphatic heterocycles. The fraction of sp³-hybridized carbons (Fsp3) is 0.133. The summed E-state index contributed by atoms with van der Waals surface area (Å²) in [4.78, 5) is 33.9. The largest absolute Gasteiger partial charge is 0.511 e. The van der Waals surface area contributed by atoms with Crippen molar-refractivity contribution in [1.82, 2.24) is 0 Å². The Morgan fingerprint density at radius 3 is 2.69 bits per heavy atom. The van der Waals surface area contributed by atoms with Crippen molar-refractivity contribution >= 4 is 46.7 Å². The van der Waals surface area contributed by atoms with Crippen LogP contribution in [0.25, 0.3) is 0 Å². The van der Waals surface area contributed by atoms with E-state index in [1.807, 2.05) is 0 Å². The van der Waals surface area contributed by atoms with Gasteiger partial charge in [0.2, 0.25) is 0 Å². The van der Waals surface area contributed by atoms with Crippen LogP contribution >= 0.6 is 22.9 Å². The summed E-state index contributed by atoms with van der Waals surface area (Å²) >= 11 is 6.74. The van der Waals surface area contributed by atoms with Crippen LogP contribution in [0.5, 0.6) is 11.5 Å². The van der Waals surface area contributed by atoms with Crippen molar-refractivity contribution in [3.05, 3.63) is 39.3 Å². The average molecular weight is 404 g/mol. The molecule has 0 spiro atoms. The lowest BCUT2D eigenvalue weighted by Gasteiger charge is -2.11. The van der Waals surface area contributed by atoms with Crippen molar-refractivity contribution in [2.75, 3.05) is 19.0 Å². The van der Waals surface area contributed by atoms with Crippen molar-refractivity contribution < 1.29 is 38.1 Å². The molecule has 0 saturated carbocycles. The molecule has 1 aromatic heterocycles. The maximum atomic E-state index is 14.0. The molecule has 1 amide bonds. The molecule has 0 saturated heterocycles. The van der Waals surface area contributed by atoms with Gasteiger partial charge in [-0.1, -0.05) is 11.6 Å². The van der Waals surface area contributed by atoms with Gasteiger partial charge in [0.05, 0.1) is 17.8 Å². The standard InChI is InChI=1S/C15H11ClFNO7S/c1-23-12(19)6-24-11-5-9(8(17)4-7(11)16)18-14(20)13-10(2-3-26-13)25-15(21)22/h2-5H,6H2,1H3,(H,18,20)(H,21,22). The predicted molar refractivity (Wildman–Crippen MR) is 89.8 cm³/mol. The lowest BCUT2D eigenvalue weighted by Crippen LogP contribution is -2.15. The highest BCUT2D eigenvalue weighted by Crippen LogP contribution is 2.32. The van der Waals surface area contributed by atoms with E-state index in [0.717, 1.165) is 23.5 Å². The summed E-state index contributed by atoms with van der Waals surface area (Å²) in [6, 6.07) is 3.27. The number of rotatable bonds is 6. The Morgan fingerprint density at radius 1 is 1.31 bits per heavy atom. The number of nitrogens with one attached hydrogen (secondary N) is 1. The fourth-order valence-corrected chi connectivity index (χ4v) is 2.66. The van der Waals surface area contributed by atoms with Crippen LogP contribution < -0.4 is 14.8 Å². The number of anilines is 1. The first-order chi connectivity index (χ1) is 12.3. The number of ether oxygens (including phenoxy) is 3. The highest BCUT2D eigenvalue weighted by molar-refractivity contribution is 7.12. The maximum Gasteiger partial charge on any atom is 0.511 e. The Morgan fingerprint density at radius 2 is 2.04 bits per heavy atom. The number of halogens is 2. The Balaban J connectivity index is 2.20. The van der Waals surface area contributed by atoms with Gasteiger partial charge in [-0.15, -0.1) is 11.3 Å². The topological polar surface area (TPSA) is 111 Å². The predicted octanol–water partition coefficient (Wildman–Crippen LogP) is 3.40. The second-order valence-electron chi connectivity index (χ2n) is 4.56. The van der Waals surface area contributed by atoms with E-state index >= 15 is 0 Å². The molecule has 0 radical (unpaired) electrons. The zero-order valence-electron chi connectivity index (χ0n) is 13.1. The highest BCUT2D eigenvalue weighted by atomic mass is 35.5. The second-order valence-corrected chi connectivity index (χ2v) is 5.89. The zero-order chi connectivity index (χ0) is 19.3. The molecule has 26 heavy (non-hydrogen) atoms. The van der Waals surface area contributed by atoms with Crippen molar-refractivity contribution in [2.24, 2.45) is 0 Å². The van der Waals surface area contributed by atoms with E-state index in [0.29, 0.717) is 0 Å². The highest BCUT2D eigenvalue weighted by Gasteiger charge is 2.19. The SMILES string of the molecule is COC(=O)COc1cc(NC(=O)c2sccc2OC(=O)O)c(F)cc1Cl. The Labute approximate surface area is 155 Å². The van der Waals surface area contributed by atoms with Crippen molar-refractivity contribution in [3.63, 3.8) is 0 Å². The summed E-state index contributed by atoms with van der Waals surface area (Å²) in [7, 11) is 1.17. The molecule has 0 aliphatic rings. The number of carbonyl (C=O) groups is 3. The molecule has 2 N–H and O–H groups in total. The Bertz CT molecular complexity index is 855. The number of carbonyl (C=O) groups excluding carboxylic acids is 2. The summed E-state index contributed by atoms with van der Waals surface area (Å²) in [6.07, 6.45) is -1.59. The van der Waals surface area contributed by atoms with E-state index in [-0.39, 0.29) is 27.1 Å². The number of benzene rings is 1. The van der Waals surface area contributed by atoms with Gasteiger partial charge >= 0.3 is 12.1 Å². The normalized spacial score (nSPS) is 10.1. The van der Waals surface area contributed by atoms with Gasteiger partial charge in [-0.05, 0) is 17.5 Å². The van der Waals surface area contributed by atoms with E-state index < -0.39 is 30.5 Å². The number of amides is 1. The molecular formula is C15H11ClFNO7S. The van der Waals surface area contributed by atoms with Crippen LogP contribution in [0.4, 0.5) is 14.9 Å². The molecule has 138 valence electrons. The van der Waals surface area contributed by atoms with Gasteiger partial charge in [0, 0.05) is 6.07 Å². The summed E-state index contributed by atoms with van der Waals surface area (Å²) in [5.41, 5.74) is -0.283. The maximum absolute atomic E-state index is 14.0. The summed E-state index contributed by atoms with van der Waals surface area (Å²) in [5.74, 6) is -2.56.